The summed E-state index contributed by atoms with van der Waals surface area (Å²) in [5.74, 6) is -0.0388. The van der Waals surface area contributed by atoms with Gasteiger partial charge in [0.05, 0.1) is 6.26 Å². The van der Waals surface area contributed by atoms with E-state index in [0.29, 0.717) is 5.56 Å². The number of aromatic nitrogens is 1. The van der Waals surface area contributed by atoms with Crippen LogP contribution in [0.5, 0.6) is 0 Å². The van der Waals surface area contributed by atoms with E-state index in [1.54, 1.807) is 13.0 Å². The summed E-state index contributed by atoms with van der Waals surface area (Å²) in [5, 5.41) is 2.69. The highest BCUT2D eigenvalue weighted by atomic mass is 16.3. The Morgan fingerprint density at radius 3 is 2.63 bits per heavy atom. The van der Waals surface area contributed by atoms with Crippen LogP contribution >= 0.6 is 0 Å². The third kappa shape index (κ3) is 2.76. The average molecular weight is 260 g/mol. The van der Waals surface area contributed by atoms with Crippen LogP contribution in [0.3, 0.4) is 0 Å². The van der Waals surface area contributed by atoms with E-state index in [1.807, 2.05) is 19.9 Å². The van der Waals surface area contributed by atoms with Crippen molar-refractivity contribution in [3.8, 4) is 0 Å². The third-order valence-electron chi connectivity index (χ3n) is 2.99. The topological polar surface area (TPSA) is 75.1 Å². The minimum absolute atomic E-state index is 0.172. The van der Waals surface area contributed by atoms with Crippen LogP contribution in [0, 0.1) is 20.8 Å². The van der Waals surface area contributed by atoms with Gasteiger partial charge in [-0.1, -0.05) is 0 Å². The summed E-state index contributed by atoms with van der Waals surface area (Å²) < 4.78 is 5.10. The molecule has 0 atom stereocenters. The summed E-state index contributed by atoms with van der Waals surface area (Å²) in [5.41, 5.74) is 2.82. The molecular weight excluding hydrogens is 244 g/mol. The minimum atomic E-state index is -0.318. The monoisotopic (exact) mass is 260 g/mol. The molecule has 0 aliphatic rings. The number of aryl methyl sites for hydroxylation is 3. The number of furan rings is 1. The van der Waals surface area contributed by atoms with Gasteiger partial charge in [-0.15, -0.1) is 0 Å². The van der Waals surface area contributed by atoms with Crippen molar-refractivity contribution in [3.05, 3.63) is 56.9 Å². The van der Waals surface area contributed by atoms with Crippen LogP contribution in [0.1, 0.15) is 32.9 Å². The molecule has 0 aliphatic heterocycles. The number of hydrogen-bond donors (Lipinski definition) is 2. The van der Waals surface area contributed by atoms with E-state index in [-0.39, 0.29) is 23.8 Å². The van der Waals surface area contributed by atoms with Crippen LogP contribution in [0.15, 0.2) is 27.6 Å². The summed E-state index contributed by atoms with van der Waals surface area (Å²) in [6.07, 6.45) is 1.47. The Balaban J connectivity index is 2.14. The summed E-state index contributed by atoms with van der Waals surface area (Å²) in [7, 11) is 0. The molecule has 2 heterocycles. The number of hydrogen-bond acceptors (Lipinski definition) is 3. The molecule has 0 aliphatic carbocycles. The van der Waals surface area contributed by atoms with Gasteiger partial charge in [0.2, 0.25) is 0 Å². The number of carbonyl (C=O) groups is 1. The molecule has 5 nitrogen and oxygen atoms in total. The molecule has 2 N–H and O–H groups in total. The normalized spacial score (nSPS) is 10.5. The van der Waals surface area contributed by atoms with E-state index in [0.717, 1.165) is 16.8 Å². The number of rotatable bonds is 3. The molecule has 0 saturated carbocycles. The molecule has 0 aromatic carbocycles. The molecule has 0 saturated heterocycles. The lowest BCUT2D eigenvalue weighted by Crippen LogP contribution is -2.28. The molecule has 2 rings (SSSR count). The quantitative estimate of drug-likeness (QED) is 0.884. The highest BCUT2D eigenvalue weighted by Gasteiger charge is 2.13. The average Bonchev–Trinajstić information content (AvgIpc) is 2.73. The van der Waals surface area contributed by atoms with Gasteiger partial charge in [0.25, 0.3) is 11.5 Å². The number of carbonyl (C=O) groups excluding carboxylic acids is 1. The Hall–Kier alpha value is -2.30. The van der Waals surface area contributed by atoms with Gasteiger partial charge < -0.3 is 14.7 Å². The van der Waals surface area contributed by atoms with Crippen LogP contribution in [0.25, 0.3) is 0 Å². The minimum Gasteiger partial charge on any atom is -0.459 e. The van der Waals surface area contributed by atoms with Gasteiger partial charge in [0.15, 0.2) is 5.76 Å². The van der Waals surface area contributed by atoms with E-state index >= 15 is 0 Å². The van der Waals surface area contributed by atoms with Crippen molar-refractivity contribution in [1.29, 1.82) is 0 Å². The summed E-state index contributed by atoms with van der Waals surface area (Å²) >= 11 is 0. The molecule has 0 radical (unpaired) electrons. The third-order valence-corrected chi connectivity index (χ3v) is 2.99. The lowest BCUT2D eigenvalue weighted by atomic mass is 10.1. The van der Waals surface area contributed by atoms with Gasteiger partial charge in [0.1, 0.15) is 0 Å². The Morgan fingerprint density at radius 1 is 1.32 bits per heavy atom. The second kappa shape index (κ2) is 5.14. The zero-order valence-electron chi connectivity index (χ0n) is 11.2. The Labute approximate surface area is 110 Å². The second-order valence-electron chi connectivity index (χ2n) is 4.56. The van der Waals surface area contributed by atoms with Gasteiger partial charge in [-0.3, -0.25) is 9.59 Å². The summed E-state index contributed by atoms with van der Waals surface area (Å²) in [6.45, 7) is 5.65. The maximum absolute atomic E-state index is 11.9. The van der Waals surface area contributed by atoms with Gasteiger partial charge in [-0.05, 0) is 38.5 Å². The Kier molecular flexibility index (Phi) is 3.55. The molecule has 5 heteroatoms. The first-order valence-corrected chi connectivity index (χ1v) is 6.00. The fraction of sp³-hybridized carbons (Fsp3) is 0.286. The van der Waals surface area contributed by atoms with Crippen LogP contribution in [-0.4, -0.2) is 10.9 Å². The molecule has 0 bridgehead atoms. The fourth-order valence-corrected chi connectivity index (χ4v) is 1.96. The number of amides is 1. The van der Waals surface area contributed by atoms with E-state index in [4.69, 9.17) is 4.42 Å². The van der Waals surface area contributed by atoms with Gasteiger partial charge >= 0.3 is 0 Å². The van der Waals surface area contributed by atoms with E-state index in [1.165, 1.54) is 6.26 Å². The van der Waals surface area contributed by atoms with Gasteiger partial charge in [0, 0.05) is 23.4 Å². The smallest absolute Gasteiger partial charge is 0.287 e. The highest BCUT2D eigenvalue weighted by molar-refractivity contribution is 5.92. The molecule has 0 spiro atoms. The van der Waals surface area contributed by atoms with Crippen LogP contribution in [0.2, 0.25) is 0 Å². The van der Waals surface area contributed by atoms with Crippen molar-refractivity contribution in [1.82, 2.24) is 10.3 Å². The number of aromatic amines is 1. The summed E-state index contributed by atoms with van der Waals surface area (Å²) in [4.78, 5) is 26.4. The van der Waals surface area contributed by atoms with Gasteiger partial charge in [-0.25, -0.2) is 0 Å². The van der Waals surface area contributed by atoms with Crippen molar-refractivity contribution in [2.75, 3.05) is 0 Å². The Morgan fingerprint density at radius 2 is 2.05 bits per heavy atom. The van der Waals surface area contributed by atoms with Crippen molar-refractivity contribution >= 4 is 5.91 Å². The predicted octanol–water partition coefficient (Wildman–Crippen LogP) is 1.82. The van der Waals surface area contributed by atoms with Crippen molar-refractivity contribution in [2.45, 2.75) is 27.3 Å². The standard InChI is InChI=1S/C14H16N2O3/c1-8-4-5-19-12(8)14(18)15-7-11-9(2)6-10(3)16-13(11)17/h4-6H,7H2,1-3H3,(H,15,18)(H,16,17). The number of nitrogens with one attached hydrogen (secondary N) is 2. The first-order valence-electron chi connectivity index (χ1n) is 6.00. The molecule has 100 valence electrons. The summed E-state index contributed by atoms with van der Waals surface area (Å²) in [6, 6.07) is 3.60. The molecule has 19 heavy (non-hydrogen) atoms. The van der Waals surface area contributed by atoms with Crippen molar-refractivity contribution in [2.24, 2.45) is 0 Å². The lowest BCUT2D eigenvalue weighted by Gasteiger charge is -2.07. The predicted molar refractivity (Wildman–Crippen MR) is 71.2 cm³/mol. The van der Waals surface area contributed by atoms with Crippen LogP contribution < -0.4 is 10.9 Å². The molecule has 2 aromatic rings. The lowest BCUT2D eigenvalue weighted by molar-refractivity contribution is 0.0922. The molecular formula is C14H16N2O3. The highest BCUT2D eigenvalue weighted by Crippen LogP contribution is 2.09. The zero-order valence-corrected chi connectivity index (χ0v) is 11.2. The molecule has 0 unspecified atom stereocenters. The maximum atomic E-state index is 11.9. The fourth-order valence-electron chi connectivity index (χ4n) is 1.96. The van der Waals surface area contributed by atoms with E-state index in [2.05, 4.69) is 10.3 Å². The van der Waals surface area contributed by atoms with Gasteiger partial charge in [-0.2, -0.15) is 0 Å². The zero-order chi connectivity index (χ0) is 14.0. The molecule has 2 aromatic heterocycles. The first kappa shape index (κ1) is 13.1. The van der Waals surface area contributed by atoms with E-state index < -0.39 is 0 Å². The molecule has 1 amide bonds. The molecule has 0 fully saturated rings. The number of H-pyrrole nitrogens is 1. The van der Waals surface area contributed by atoms with Crippen molar-refractivity contribution < 1.29 is 9.21 Å². The number of pyridine rings is 1. The SMILES string of the molecule is Cc1cc(C)c(CNC(=O)c2occc2C)c(=O)[nH]1. The first-order chi connectivity index (χ1) is 8.99. The Bertz CT molecular complexity index is 668. The van der Waals surface area contributed by atoms with Crippen LogP contribution in [0.4, 0.5) is 0 Å². The second-order valence-corrected chi connectivity index (χ2v) is 4.56. The van der Waals surface area contributed by atoms with E-state index in [9.17, 15) is 9.59 Å². The largest absolute Gasteiger partial charge is 0.459 e. The van der Waals surface area contributed by atoms with Crippen molar-refractivity contribution in [3.63, 3.8) is 0 Å². The van der Waals surface area contributed by atoms with Crippen LogP contribution in [-0.2, 0) is 6.54 Å². The maximum Gasteiger partial charge on any atom is 0.287 e.